The first-order valence-corrected chi connectivity index (χ1v) is 5.59. The molecule has 0 saturated heterocycles. The molecular formula is C10H13NO4S. The van der Waals surface area contributed by atoms with Gasteiger partial charge in [-0.05, 0) is 29.3 Å². The number of carbonyl (C=O) groups excluding carboxylic acids is 1. The van der Waals surface area contributed by atoms with Gasteiger partial charge in [-0.3, -0.25) is 4.79 Å². The lowest BCUT2D eigenvalue weighted by Crippen LogP contribution is -2.46. The molecule has 1 amide bonds. The molecule has 1 aromatic rings. The zero-order chi connectivity index (χ0) is 12.2. The molecule has 0 aromatic carbocycles. The average Bonchev–Trinajstić information content (AvgIpc) is 2.67. The Hall–Kier alpha value is -1.40. The van der Waals surface area contributed by atoms with Gasteiger partial charge in [0.25, 0.3) is 0 Å². The topological polar surface area (TPSA) is 86.6 Å². The van der Waals surface area contributed by atoms with Gasteiger partial charge in [0.05, 0.1) is 13.0 Å². The zero-order valence-corrected chi connectivity index (χ0v) is 9.58. The number of aliphatic carboxylic acids is 1. The number of carboxylic acids is 1. The molecule has 0 spiro atoms. The Morgan fingerprint density at radius 3 is 2.75 bits per heavy atom. The first-order valence-electron chi connectivity index (χ1n) is 4.65. The fourth-order valence-corrected chi connectivity index (χ4v) is 1.66. The van der Waals surface area contributed by atoms with E-state index in [1.165, 1.54) is 11.3 Å². The molecule has 0 saturated carbocycles. The van der Waals surface area contributed by atoms with Gasteiger partial charge in [-0.2, -0.15) is 11.3 Å². The number of carboxylic acid groups (broad SMARTS) is 1. The van der Waals surface area contributed by atoms with Crippen LogP contribution in [0.5, 0.6) is 0 Å². The molecular weight excluding hydrogens is 230 g/mol. The standard InChI is InChI=1S/C10H13NO4S/c1-10(15,9(13)14)6-11-8(12)4-7-2-3-16-5-7/h2-3,5,15H,4,6H2,1H3,(H,11,12)(H,13,14). The van der Waals surface area contributed by atoms with Gasteiger partial charge in [-0.1, -0.05) is 0 Å². The summed E-state index contributed by atoms with van der Waals surface area (Å²) in [5.74, 6) is -1.66. The molecule has 16 heavy (non-hydrogen) atoms. The molecule has 0 fully saturated rings. The van der Waals surface area contributed by atoms with Crippen molar-refractivity contribution in [3.63, 3.8) is 0 Å². The molecule has 88 valence electrons. The second kappa shape index (κ2) is 5.09. The van der Waals surface area contributed by atoms with Gasteiger partial charge in [0.2, 0.25) is 5.91 Å². The lowest BCUT2D eigenvalue weighted by Gasteiger charge is -2.18. The largest absolute Gasteiger partial charge is 0.479 e. The molecule has 1 atom stereocenters. The Bertz CT molecular complexity index is 372. The number of thiophene rings is 1. The third kappa shape index (κ3) is 3.63. The van der Waals surface area contributed by atoms with E-state index < -0.39 is 11.6 Å². The highest BCUT2D eigenvalue weighted by atomic mass is 32.1. The quantitative estimate of drug-likeness (QED) is 0.691. The highest BCUT2D eigenvalue weighted by Gasteiger charge is 2.30. The fraction of sp³-hybridized carbons (Fsp3) is 0.400. The molecule has 6 heteroatoms. The summed E-state index contributed by atoms with van der Waals surface area (Å²) in [6.07, 6.45) is 0.194. The van der Waals surface area contributed by atoms with E-state index in [4.69, 9.17) is 5.11 Å². The van der Waals surface area contributed by atoms with E-state index in [9.17, 15) is 14.7 Å². The second-order valence-corrected chi connectivity index (χ2v) is 4.44. The lowest BCUT2D eigenvalue weighted by molar-refractivity contribution is -0.156. The van der Waals surface area contributed by atoms with Crippen molar-refractivity contribution in [2.24, 2.45) is 0 Å². The van der Waals surface area contributed by atoms with E-state index in [0.717, 1.165) is 12.5 Å². The molecule has 5 nitrogen and oxygen atoms in total. The molecule has 3 N–H and O–H groups in total. The van der Waals surface area contributed by atoms with Crippen LogP contribution in [-0.2, 0) is 16.0 Å². The Morgan fingerprint density at radius 1 is 1.56 bits per heavy atom. The van der Waals surface area contributed by atoms with Gasteiger partial charge >= 0.3 is 5.97 Å². The Balaban J connectivity index is 2.39. The highest BCUT2D eigenvalue weighted by Crippen LogP contribution is 2.07. The van der Waals surface area contributed by atoms with Crippen molar-refractivity contribution < 1.29 is 19.8 Å². The molecule has 1 heterocycles. The highest BCUT2D eigenvalue weighted by molar-refractivity contribution is 7.07. The minimum atomic E-state index is -1.93. The van der Waals surface area contributed by atoms with E-state index in [0.29, 0.717) is 0 Å². The van der Waals surface area contributed by atoms with Crippen LogP contribution in [0.25, 0.3) is 0 Å². The van der Waals surface area contributed by atoms with Crippen LogP contribution < -0.4 is 5.32 Å². The van der Waals surface area contributed by atoms with Gasteiger partial charge in [-0.25, -0.2) is 4.79 Å². The predicted octanol–water partition coefficient (Wildman–Crippen LogP) is 0.242. The summed E-state index contributed by atoms with van der Waals surface area (Å²) in [7, 11) is 0. The molecule has 1 aromatic heterocycles. The number of carbonyl (C=O) groups is 2. The number of nitrogens with one attached hydrogen (secondary N) is 1. The molecule has 0 aliphatic heterocycles. The molecule has 1 rings (SSSR count). The van der Waals surface area contributed by atoms with Crippen molar-refractivity contribution in [1.29, 1.82) is 0 Å². The summed E-state index contributed by atoms with van der Waals surface area (Å²) >= 11 is 1.49. The van der Waals surface area contributed by atoms with Crippen LogP contribution in [0.3, 0.4) is 0 Å². The normalized spacial score (nSPS) is 14.1. The minimum absolute atomic E-state index is 0.194. The predicted molar refractivity (Wildman–Crippen MR) is 59.3 cm³/mol. The smallest absolute Gasteiger partial charge is 0.337 e. The maximum absolute atomic E-state index is 11.4. The van der Waals surface area contributed by atoms with Crippen LogP contribution in [0.1, 0.15) is 12.5 Å². The van der Waals surface area contributed by atoms with E-state index in [-0.39, 0.29) is 18.9 Å². The minimum Gasteiger partial charge on any atom is -0.479 e. The summed E-state index contributed by atoms with van der Waals surface area (Å²) in [6, 6.07) is 1.82. The summed E-state index contributed by atoms with van der Waals surface area (Å²) in [5.41, 5.74) is -1.05. The van der Waals surface area contributed by atoms with E-state index in [1.807, 2.05) is 16.8 Å². The Morgan fingerprint density at radius 2 is 2.25 bits per heavy atom. The van der Waals surface area contributed by atoms with Gasteiger partial charge in [-0.15, -0.1) is 0 Å². The number of hydrogen-bond donors (Lipinski definition) is 3. The number of rotatable bonds is 5. The van der Waals surface area contributed by atoms with Crippen LogP contribution in [0.4, 0.5) is 0 Å². The zero-order valence-electron chi connectivity index (χ0n) is 8.77. The van der Waals surface area contributed by atoms with Crippen molar-refractivity contribution in [1.82, 2.24) is 5.32 Å². The third-order valence-electron chi connectivity index (χ3n) is 2.04. The van der Waals surface area contributed by atoms with Crippen molar-refractivity contribution in [3.8, 4) is 0 Å². The van der Waals surface area contributed by atoms with Crippen LogP contribution in [0.15, 0.2) is 16.8 Å². The molecule has 1 unspecified atom stereocenters. The number of amides is 1. The molecule has 0 bridgehead atoms. The summed E-state index contributed by atoms with van der Waals surface area (Å²) in [5, 5.41) is 24.0. The second-order valence-electron chi connectivity index (χ2n) is 3.66. The molecule has 0 radical (unpaired) electrons. The van der Waals surface area contributed by atoms with Crippen LogP contribution in [-0.4, -0.2) is 34.2 Å². The van der Waals surface area contributed by atoms with Crippen LogP contribution >= 0.6 is 11.3 Å². The summed E-state index contributed by atoms with van der Waals surface area (Å²) in [4.78, 5) is 21.9. The monoisotopic (exact) mass is 243 g/mol. The van der Waals surface area contributed by atoms with Crippen molar-refractivity contribution in [2.75, 3.05) is 6.54 Å². The van der Waals surface area contributed by atoms with Gasteiger partial charge in [0, 0.05) is 0 Å². The maximum Gasteiger partial charge on any atom is 0.337 e. The SMILES string of the molecule is CC(O)(CNC(=O)Cc1ccsc1)C(=O)O. The summed E-state index contributed by atoms with van der Waals surface area (Å²) < 4.78 is 0. The van der Waals surface area contributed by atoms with Gasteiger partial charge in [0.1, 0.15) is 0 Å². The third-order valence-corrected chi connectivity index (χ3v) is 2.77. The Kier molecular flexibility index (Phi) is 4.03. The van der Waals surface area contributed by atoms with E-state index in [2.05, 4.69) is 5.32 Å². The first-order chi connectivity index (χ1) is 7.42. The number of hydrogen-bond acceptors (Lipinski definition) is 4. The van der Waals surface area contributed by atoms with Crippen LogP contribution in [0, 0.1) is 0 Å². The molecule has 0 aliphatic carbocycles. The van der Waals surface area contributed by atoms with Crippen molar-refractivity contribution >= 4 is 23.2 Å². The average molecular weight is 243 g/mol. The van der Waals surface area contributed by atoms with Crippen molar-refractivity contribution in [3.05, 3.63) is 22.4 Å². The number of aliphatic hydroxyl groups is 1. The van der Waals surface area contributed by atoms with Crippen LogP contribution in [0.2, 0.25) is 0 Å². The van der Waals surface area contributed by atoms with Gasteiger partial charge in [0.15, 0.2) is 5.60 Å². The Labute approximate surface area is 96.7 Å². The van der Waals surface area contributed by atoms with Gasteiger partial charge < -0.3 is 15.5 Å². The maximum atomic E-state index is 11.4. The van der Waals surface area contributed by atoms with E-state index in [1.54, 1.807) is 0 Å². The first kappa shape index (κ1) is 12.7. The summed E-state index contributed by atoms with van der Waals surface area (Å²) in [6.45, 7) is 0.839. The van der Waals surface area contributed by atoms with E-state index >= 15 is 0 Å². The van der Waals surface area contributed by atoms with Crippen molar-refractivity contribution in [2.45, 2.75) is 18.9 Å². The fourth-order valence-electron chi connectivity index (χ4n) is 0.987. The molecule has 0 aliphatic rings. The lowest BCUT2D eigenvalue weighted by atomic mass is 10.1.